The van der Waals surface area contributed by atoms with Crippen molar-refractivity contribution in [1.29, 1.82) is 0 Å². The van der Waals surface area contributed by atoms with E-state index < -0.39 is 5.67 Å². The van der Waals surface area contributed by atoms with Crippen molar-refractivity contribution < 1.29 is 9.18 Å². The van der Waals surface area contributed by atoms with Gasteiger partial charge in [0.05, 0.1) is 6.42 Å². The highest BCUT2D eigenvalue weighted by Crippen LogP contribution is 2.28. The van der Waals surface area contributed by atoms with Crippen LogP contribution in [0, 0.1) is 0 Å². The van der Waals surface area contributed by atoms with Crippen molar-refractivity contribution >= 4 is 5.91 Å². The van der Waals surface area contributed by atoms with Gasteiger partial charge >= 0.3 is 0 Å². The van der Waals surface area contributed by atoms with Crippen LogP contribution in [0.5, 0.6) is 0 Å². The Morgan fingerprint density at radius 1 is 1.27 bits per heavy atom. The zero-order chi connectivity index (χ0) is 10.7. The summed E-state index contributed by atoms with van der Waals surface area (Å²) in [5.74, 6) is 0.0110. The van der Waals surface area contributed by atoms with Crippen molar-refractivity contribution in [2.24, 2.45) is 0 Å². The molecule has 0 spiro atoms. The van der Waals surface area contributed by atoms with Crippen LogP contribution in [0.2, 0.25) is 0 Å². The van der Waals surface area contributed by atoms with Gasteiger partial charge in [-0.1, -0.05) is 0 Å². The van der Waals surface area contributed by atoms with Gasteiger partial charge in [-0.15, -0.1) is 0 Å². The van der Waals surface area contributed by atoms with Crippen molar-refractivity contribution in [3.05, 3.63) is 0 Å². The third-order valence-electron chi connectivity index (χ3n) is 3.43. The first kappa shape index (κ1) is 10.9. The number of carbonyl (C=O) groups excluding carboxylic acids is 1. The number of hydrogen-bond donors (Lipinski definition) is 1. The van der Waals surface area contributed by atoms with Crippen LogP contribution in [-0.4, -0.2) is 42.7 Å². The first-order valence-electron chi connectivity index (χ1n) is 5.87. The number of likely N-dealkylation sites (tertiary alicyclic amines) is 1. The van der Waals surface area contributed by atoms with Crippen LogP contribution in [-0.2, 0) is 4.79 Å². The molecule has 86 valence electrons. The number of amides is 1. The number of hydrogen-bond acceptors (Lipinski definition) is 2. The molecule has 1 N–H and O–H groups in total. The highest BCUT2D eigenvalue weighted by molar-refractivity contribution is 5.77. The lowest BCUT2D eigenvalue weighted by molar-refractivity contribution is -0.133. The second-order valence-electron chi connectivity index (χ2n) is 4.67. The number of alkyl halides is 1. The smallest absolute Gasteiger partial charge is 0.225 e. The Morgan fingerprint density at radius 3 is 2.47 bits per heavy atom. The lowest BCUT2D eigenvalue weighted by Crippen LogP contribution is -2.42. The molecule has 4 heteroatoms. The van der Waals surface area contributed by atoms with Crippen molar-refractivity contribution in [3.63, 3.8) is 0 Å². The van der Waals surface area contributed by atoms with E-state index in [9.17, 15) is 9.18 Å². The fourth-order valence-corrected chi connectivity index (χ4v) is 2.40. The Morgan fingerprint density at radius 2 is 1.87 bits per heavy atom. The van der Waals surface area contributed by atoms with Gasteiger partial charge in [-0.05, 0) is 38.8 Å². The zero-order valence-corrected chi connectivity index (χ0v) is 9.10. The summed E-state index contributed by atoms with van der Waals surface area (Å²) in [6, 6.07) is 0. The van der Waals surface area contributed by atoms with E-state index in [0.29, 0.717) is 25.9 Å². The van der Waals surface area contributed by atoms with Gasteiger partial charge in [0.1, 0.15) is 5.67 Å². The molecule has 0 aromatic rings. The summed E-state index contributed by atoms with van der Waals surface area (Å²) in [5.41, 5.74) is -1.25. The van der Waals surface area contributed by atoms with E-state index in [1.165, 1.54) is 0 Å². The first-order chi connectivity index (χ1) is 7.20. The number of carbonyl (C=O) groups is 1. The van der Waals surface area contributed by atoms with Gasteiger partial charge in [-0.3, -0.25) is 4.79 Å². The highest BCUT2D eigenvalue weighted by atomic mass is 19.1. The summed E-state index contributed by atoms with van der Waals surface area (Å²) >= 11 is 0. The third-order valence-corrected chi connectivity index (χ3v) is 3.43. The maximum absolute atomic E-state index is 14.2. The van der Waals surface area contributed by atoms with Gasteiger partial charge < -0.3 is 10.2 Å². The minimum Gasteiger partial charge on any atom is -0.343 e. The molecule has 1 amide bonds. The van der Waals surface area contributed by atoms with Crippen molar-refractivity contribution in [2.75, 3.05) is 26.2 Å². The maximum atomic E-state index is 14.2. The molecule has 3 nitrogen and oxygen atoms in total. The summed E-state index contributed by atoms with van der Waals surface area (Å²) in [4.78, 5) is 13.6. The fourth-order valence-electron chi connectivity index (χ4n) is 2.40. The van der Waals surface area contributed by atoms with E-state index in [2.05, 4.69) is 5.32 Å². The maximum Gasteiger partial charge on any atom is 0.225 e. The molecule has 0 radical (unpaired) electrons. The van der Waals surface area contributed by atoms with Crippen molar-refractivity contribution in [3.8, 4) is 0 Å². The molecular formula is C11H19FN2O. The molecule has 2 heterocycles. The molecule has 0 bridgehead atoms. The average molecular weight is 214 g/mol. The monoisotopic (exact) mass is 214 g/mol. The predicted molar refractivity (Wildman–Crippen MR) is 56.4 cm³/mol. The number of halogens is 1. The SMILES string of the molecule is O=C(CC1(F)CCNCC1)N1CCCC1. The molecule has 0 aromatic carbocycles. The molecule has 2 fully saturated rings. The minimum atomic E-state index is -1.25. The molecule has 2 rings (SSSR count). The highest BCUT2D eigenvalue weighted by Gasteiger charge is 2.35. The fraction of sp³-hybridized carbons (Fsp3) is 0.909. The zero-order valence-electron chi connectivity index (χ0n) is 9.10. The Kier molecular flexibility index (Phi) is 3.24. The van der Waals surface area contributed by atoms with Crippen LogP contribution >= 0.6 is 0 Å². The van der Waals surface area contributed by atoms with E-state index in [-0.39, 0.29) is 12.3 Å². The van der Waals surface area contributed by atoms with Gasteiger partial charge in [0.2, 0.25) is 5.91 Å². The minimum absolute atomic E-state index is 0.0110. The number of rotatable bonds is 2. The van der Waals surface area contributed by atoms with Crippen LogP contribution in [0.1, 0.15) is 32.1 Å². The van der Waals surface area contributed by atoms with Gasteiger partial charge in [0.15, 0.2) is 0 Å². The predicted octanol–water partition coefficient (Wildman–Crippen LogP) is 1.09. The van der Waals surface area contributed by atoms with Crippen molar-refractivity contribution in [1.82, 2.24) is 10.2 Å². The Labute approximate surface area is 90.0 Å². The van der Waals surface area contributed by atoms with E-state index >= 15 is 0 Å². The van der Waals surface area contributed by atoms with E-state index in [1.807, 2.05) is 4.90 Å². The summed E-state index contributed by atoms with van der Waals surface area (Å²) in [6.07, 6.45) is 3.20. The molecule has 2 aliphatic rings. The van der Waals surface area contributed by atoms with Crippen LogP contribution in [0.4, 0.5) is 4.39 Å². The van der Waals surface area contributed by atoms with Gasteiger partial charge in [0, 0.05) is 13.1 Å². The molecular weight excluding hydrogens is 195 g/mol. The first-order valence-corrected chi connectivity index (χ1v) is 5.87. The molecule has 0 aromatic heterocycles. The molecule has 15 heavy (non-hydrogen) atoms. The van der Waals surface area contributed by atoms with E-state index in [1.54, 1.807) is 0 Å². The Bertz CT molecular complexity index is 233. The van der Waals surface area contributed by atoms with Crippen LogP contribution in [0.3, 0.4) is 0 Å². The third kappa shape index (κ3) is 2.68. The molecule has 2 aliphatic heterocycles. The Balaban J connectivity index is 1.86. The van der Waals surface area contributed by atoms with Crippen LogP contribution in [0.15, 0.2) is 0 Å². The van der Waals surface area contributed by atoms with Crippen molar-refractivity contribution in [2.45, 2.75) is 37.8 Å². The number of nitrogens with zero attached hydrogens (tertiary/aromatic N) is 1. The lowest BCUT2D eigenvalue weighted by atomic mass is 9.90. The number of piperidine rings is 1. The van der Waals surface area contributed by atoms with Gasteiger partial charge in [-0.25, -0.2) is 4.39 Å². The topological polar surface area (TPSA) is 32.3 Å². The number of nitrogens with one attached hydrogen (secondary N) is 1. The molecule has 2 saturated heterocycles. The Hall–Kier alpha value is -0.640. The van der Waals surface area contributed by atoms with Crippen LogP contribution < -0.4 is 5.32 Å². The standard InChI is InChI=1S/C11H19FN2O/c12-11(3-5-13-6-4-11)9-10(15)14-7-1-2-8-14/h13H,1-9H2. The second kappa shape index (κ2) is 4.47. The summed E-state index contributed by atoms with van der Waals surface area (Å²) in [7, 11) is 0. The summed E-state index contributed by atoms with van der Waals surface area (Å²) < 4.78 is 14.2. The summed E-state index contributed by atoms with van der Waals surface area (Å²) in [6.45, 7) is 3.05. The summed E-state index contributed by atoms with van der Waals surface area (Å²) in [5, 5.41) is 3.12. The van der Waals surface area contributed by atoms with Gasteiger partial charge in [-0.2, -0.15) is 0 Å². The molecule has 0 atom stereocenters. The quantitative estimate of drug-likeness (QED) is 0.746. The molecule has 0 saturated carbocycles. The normalized spacial score (nSPS) is 25.5. The molecule has 0 unspecified atom stereocenters. The van der Waals surface area contributed by atoms with Gasteiger partial charge in [0.25, 0.3) is 0 Å². The lowest BCUT2D eigenvalue weighted by Gasteiger charge is -2.30. The largest absolute Gasteiger partial charge is 0.343 e. The van der Waals surface area contributed by atoms with E-state index in [0.717, 1.165) is 25.9 Å². The van der Waals surface area contributed by atoms with Crippen LogP contribution in [0.25, 0.3) is 0 Å². The van der Waals surface area contributed by atoms with E-state index in [4.69, 9.17) is 0 Å². The average Bonchev–Trinajstić information content (AvgIpc) is 2.70. The second-order valence-corrected chi connectivity index (χ2v) is 4.67. The molecule has 0 aliphatic carbocycles.